The zero-order valence-corrected chi connectivity index (χ0v) is 8.93. The summed E-state index contributed by atoms with van der Waals surface area (Å²) in [6, 6.07) is 1.62. The quantitative estimate of drug-likeness (QED) is 0.699. The van der Waals surface area contributed by atoms with Crippen LogP contribution in [-0.4, -0.2) is 29.3 Å². The number of nitrogens with zero attached hydrogens (tertiary/aromatic N) is 1. The number of aliphatic hydroxyl groups excluding tert-OH is 1. The minimum Gasteiger partial charge on any atom is -0.464 e. The first-order valence-electron chi connectivity index (χ1n) is 4.72. The Morgan fingerprint density at radius 1 is 1.73 bits per heavy atom. The monoisotopic (exact) mass is 212 g/mol. The Labute approximate surface area is 88.4 Å². The van der Waals surface area contributed by atoms with Crippen LogP contribution in [0, 0.1) is 0 Å². The van der Waals surface area contributed by atoms with Gasteiger partial charge in [-0.3, -0.25) is 0 Å². The number of carbonyl (C=O) groups excluding carboxylic acids is 1. The van der Waals surface area contributed by atoms with Crippen molar-refractivity contribution in [3.05, 3.63) is 23.5 Å². The van der Waals surface area contributed by atoms with Crippen LogP contribution in [0.3, 0.4) is 0 Å². The number of rotatable bonds is 4. The summed E-state index contributed by atoms with van der Waals surface area (Å²) in [6.45, 7) is 0.406. The topological polar surface area (TPSA) is 77.5 Å². The average Bonchev–Trinajstić information content (AvgIpc) is 2.60. The summed E-state index contributed by atoms with van der Waals surface area (Å²) >= 11 is 0. The number of nitrogens with two attached hydrogens (primary N) is 1. The van der Waals surface area contributed by atoms with Crippen molar-refractivity contribution in [2.75, 3.05) is 13.7 Å². The second-order valence-electron chi connectivity index (χ2n) is 3.35. The maximum absolute atomic E-state index is 11.3. The largest absolute Gasteiger partial charge is 0.464 e. The smallest absolute Gasteiger partial charge is 0.354 e. The van der Waals surface area contributed by atoms with E-state index in [1.807, 2.05) is 0 Å². The van der Waals surface area contributed by atoms with E-state index >= 15 is 0 Å². The second kappa shape index (κ2) is 4.95. The zero-order valence-electron chi connectivity index (χ0n) is 8.93. The number of methoxy groups -OCH3 is 1. The van der Waals surface area contributed by atoms with Crippen molar-refractivity contribution < 1.29 is 14.6 Å². The van der Waals surface area contributed by atoms with Gasteiger partial charge in [0.05, 0.1) is 13.2 Å². The van der Waals surface area contributed by atoms with E-state index in [9.17, 15) is 9.90 Å². The minimum atomic E-state index is -0.625. The highest BCUT2D eigenvalue weighted by Crippen LogP contribution is 2.18. The summed E-state index contributed by atoms with van der Waals surface area (Å²) in [5.74, 6) is -0.413. The molecule has 0 fully saturated rings. The second-order valence-corrected chi connectivity index (χ2v) is 3.35. The Morgan fingerprint density at radius 2 is 2.40 bits per heavy atom. The van der Waals surface area contributed by atoms with Gasteiger partial charge in [0.15, 0.2) is 0 Å². The van der Waals surface area contributed by atoms with E-state index in [0.717, 1.165) is 0 Å². The highest BCUT2D eigenvalue weighted by molar-refractivity contribution is 5.87. The summed E-state index contributed by atoms with van der Waals surface area (Å²) in [6.07, 6.45) is 1.55. The molecule has 5 nitrogen and oxygen atoms in total. The van der Waals surface area contributed by atoms with Crippen LogP contribution in [-0.2, 0) is 11.8 Å². The predicted octanol–water partition coefficient (Wildman–Crippen LogP) is 0.194. The van der Waals surface area contributed by atoms with E-state index in [0.29, 0.717) is 24.2 Å². The van der Waals surface area contributed by atoms with Gasteiger partial charge in [-0.2, -0.15) is 0 Å². The lowest BCUT2D eigenvalue weighted by atomic mass is 10.1. The summed E-state index contributed by atoms with van der Waals surface area (Å²) in [5.41, 5.74) is 6.44. The Bertz CT molecular complexity index is 346. The van der Waals surface area contributed by atoms with Crippen LogP contribution in [0.15, 0.2) is 12.3 Å². The van der Waals surface area contributed by atoms with Crippen LogP contribution in [0.1, 0.15) is 28.6 Å². The molecular formula is C10H16N2O3. The SMILES string of the molecule is COC(=O)c1cc([C@@H](O)CCN)cn1C. The zero-order chi connectivity index (χ0) is 11.4. The van der Waals surface area contributed by atoms with E-state index in [-0.39, 0.29) is 0 Å². The van der Waals surface area contributed by atoms with Crippen LogP contribution in [0.4, 0.5) is 0 Å². The van der Waals surface area contributed by atoms with Gasteiger partial charge in [0.1, 0.15) is 5.69 Å². The third-order valence-electron chi connectivity index (χ3n) is 2.25. The van der Waals surface area contributed by atoms with Gasteiger partial charge in [0.25, 0.3) is 0 Å². The van der Waals surface area contributed by atoms with Crippen molar-refractivity contribution in [1.29, 1.82) is 0 Å². The molecule has 1 aromatic rings. The first kappa shape index (κ1) is 11.7. The van der Waals surface area contributed by atoms with Crippen LogP contribution in [0.25, 0.3) is 0 Å². The number of aromatic nitrogens is 1. The molecule has 5 heteroatoms. The molecule has 0 aliphatic heterocycles. The molecule has 0 aliphatic rings. The fourth-order valence-electron chi connectivity index (χ4n) is 1.40. The number of esters is 1. The Hall–Kier alpha value is -1.33. The molecule has 1 aromatic heterocycles. The molecule has 0 amide bonds. The summed E-state index contributed by atoms with van der Waals surface area (Å²) in [7, 11) is 3.05. The van der Waals surface area contributed by atoms with Gasteiger partial charge < -0.3 is 20.1 Å². The van der Waals surface area contributed by atoms with E-state index in [2.05, 4.69) is 4.74 Å². The van der Waals surface area contributed by atoms with Gasteiger partial charge in [-0.25, -0.2) is 4.79 Å². The fourth-order valence-corrected chi connectivity index (χ4v) is 1.40. The van der Waals surface area contributed by atoms with Gasteiger partial charge in [-0.05, 0) is 24.6 Å². The van der Waals surface area contributed by atoms with Crippen LogP contribution < -0.4 is 5.73 Å². The number of carbonyl (C=O) groups is 1. The van der Waals surface area contributed by atoms with Gasteiger partial charge >= 0.3 is 5.97 Å². The van der Waals surface area contributed by atoms with Crippen LogP contribution in [0.2, 0.25) is 0 Å². The molecule has 0 aliphatic carbocycles. The molecule has 0 spiro atoms. The molecule has 0 saturated carbocycles. The standard InChI is InChI=1S/C10H16N2O3/c1-12-6-7(9(13)3-4-11)5-8(12)10(14)15-2/h5-6,9,13H,3-4,11H2,1-2H3/t9-/m0/s1. The van der Waals surface area contributed by atoms with E-state index in [1.165, 1.54) is 7.11 Å². The molecule has 1 heterocycles. The highest BCUT2D eigenvalue weighted by Gasteiger charge is 2.15. The van der Waals surface area contributed by atoms with Crippen molar-refractivity contribution in [2.45, 2.75) is 12.5 Å². The van der Waals surface area contributed by atoms with Gasteiger partial charge in [-0.1, -0.05) is 0 Å². The maximum atomic E-state index is 11.3. The first-order chi connectivity index (χ1) is 7.10. The molecule has 0 unspecified atom stereocenters. The number of ether oxygens (including phenoxy) is 1. The average molecular weight is 212 g/mol. The van der Waals surface area contributed by atoms with Gasteiger partial charge in [0.2, 0.25) is 0 Å². The van der Waals surface area contributed by atoms with E-state index < -0.39 is 12.1 Å². The molecule has 0 aromatic carbocycles. The molecule has 15 heavy (non-hydrogen) atoms. The predicted molar refractivity (Wildman–Crippen MR) is 55.4 cm³/mol. The normalized spacial score (nSPS) is 12.5. The molecule has 0 bridgehead atoms. The van der Waals surface area contributed by atoms with Crippen LogP contribution in [0.5, 0.6) is 0 Å². The fraction of sp³-hybridized carbons (Fsp3) is 0.500. The number of aryl methyl sites for hydroxylation is 1. The number of aliphatic hydroxyl groups is 1. The molecule has 1 atom stereocenters. The third kappa shape index (κ3) is 2.57. The Balaban J connectivity index is 2.90. The van der Waals surface area contributed by atoms with Crippen molar-refractivity contribution in [3.63, 3.8) is 0 Å². The lowest BCUT2D eigenvalue weighted by molar-refractivity contribution is 0.0590. The first-order valence-corrected chi connectivity index (χ1v) is 4.72. The highest BCUT2D eigenvalue weighted by atomic mass is 16.5. The van der Waals surface area contributed by atoms with Crippen LogP contribution >= 0.6 is 0 Å². The van der Waals surface area contributed by atoms with Crippen molar-refractivity contribution in [2.24, 2.45) is 12.8 Å². The van der Waals surface area contributed by atoms with Crippen molar-refractivity contribution in [1.82, 2.24) is 4.57 Å². The minimum absolute atomic E-state index is 0.406. The summed E-state index contributed by atoms with van der Waals surface area (Å²) < 4.78 is 6.23. The Kier molecular flexibility index (Phi) is 3.88. The van der Waals surface area contributed by atoms with Crippen molar-refractivity contribution >= 4 is 5.97 Å². The maximum Gasteiger partial charge on any atom is 0.354 e. The molecular weight excluding hydrogens is 196 g/mol. The van der Waals surface area contributed by atoms with E-state index in [4.69, 9.17) is 5.73 Å². The third-order valence-corrected chi connectivity index (χ3v) is 2.25. The van der Waals surface area contributed by atoms with E-state index in [1.54, 1.807) is 23.9 Å². The molecule has 84 valence electrons. The molecule has 3 N–H and O–H groups in total. The van der Waals surface area contributed by atoms with Gasteiger partial charge in [-0.15, -0.1) is 0 Å². The molecule has 1 rings (SSSR count). The summed E-state index contributed by atoms with van der Waals surface area (Å²) in [4.78, 5) is 11.3. The number of hydrogen-bond acceptors (Lipinski definition) is 4. The van der Waals surface area contributed by atoms with Gasteiger partial charge in [0, 0.05) is 13.2 Å². The lowest BCUT2D eigenvalue weighted by Gasteiger charge is -2.05. The summed E-state index contributed by atoms with van der Waals surface area (Å²) in [5, 5.41) is 9.67. The molecule has 0 radical (unpaired) electrons. The number of hydrogen-bond donors (Lipinski definition) is 2. The molecule has 0 saturated heterocycles. The lowest BCUT2D eigenvalue weighted by Crippen LogP contribution is -2.06. The van der Waals surface area contributed by atoms with Crippen molar-refractivity contribution in [3.8, 4) is 0 Å². The Morgan fingerprint density at radius 3 is 2.93 bits per heavy atom.